The maximum absolute atomic E-state index is 13.1. The molecule has 2 rings (SSSR count). The van der Waals surface area contributed by atoms with Crippen molar-refractivity contribution < 1.29 is 21.6 Å². The molecule has 0 saturated carbocycles. The predicted molar refractivity (Wildman–Crippen MR) is 71.5 cm³/mol. The van der Waals surface area contributed by atoms with Gasteiger partial charge in [0.25, 0.3) is 0 Å². The Morgan fingerprint density at radius 3 is 2.24 bits per heavy atom. The van der Waals surface area contributed by atoms with Crippen LogP contribution >= 0.6 is 0 Å². The highest BCUT2D eigenvalue weighted by Gasteiger charge is 2.19. The van der Waals surface area contributed by atoms with Crippen LogP contribution in [0.15, 0.2) is 41.3 Å². The lowest BCUT2D eigenvalue weighted by Gasteiger charge is -2.09. The Morgan fingerprint density at radius 1 is 0.905 bits per heavy atom. The van der Waals surface area contributed by atoms with Crippen molar-refractivity contribution in [3.05, 3.63) is 65.0 Å². The van der Waals surface area contributed by atoms with Crippen LogP contribution in [-0.2, 0) is 22.1 Å². The Hall–Kier alpha value is -1.86. The minimum Gasteiger partial charge on any atom is -0.326 e. The number of hydrogen-bond donors (Lipinski definition) is 1. The molecule has 0 spiro atoms. The lowest BCUT2D eigenvalue weighted by Crippen LogP contribution is -2.10. The van der Waals surface area contributed by atoms with Gasteiger partial charge >= 0.3 is 0 Å². The van der Waals surface area contributed by atoms with Crippen molar-refractivity contribution in [2.75, 3.05) is 0 Å². The van der Waals surface area contributed by atoms with E-state index in [1.165, 1.54) is 6.07 Å². The molecule has 0 aliphatic heterocycles. The molecule has 0 fully saturated rings. The van der Waals surface area contributed by atoms with Gasteiger partial charge < -0.3 is 5.73 Å². The van der Waals surface area contributed by atoms with Gasteiger partial charge in [-0.15, -0.1) is 0 Å². The highest BCUT2D eigenvalue weighted by Crippen LogP contribution is 2.21. The number of nitrogens with two attached hydrogens (primary N) is 1. The van der Waals surface area contributed by atoms with E-state index >= 15 is 0 Å². The van der Waals surface area contributed by atoms with Crippen LogP contribution < -0.4 is 5.73 Å². The quantitative estimate of drug-likeness (QED) is 0.882. The summed E-state index contributed by atoms with van der Waals surface area (Å²) in [4.78, 5) is -0.339. The summed E-state index contributed by atoms with van der Waals surface area (Å²) in [5, 5.41) is 0. The molecule has 0 bridgehead atoms. The fraction of sp³-hybridized carbons (Fsp3) is 0.143. The van der Waals surface area contributed by atoms with E-state index in [4.69, 9.17) is 5.73 Å². The maximum atomic E-state index is 13.1. The molecular weight excluding hydrogens is 303 g/mol. The molecular formula is C14H12F3NO2S. The molecule has 2 N–H and O–H groups in total. The normalized spacial score (nSPS) is 11.6. The van der Waals surface area contributed by atoms with Crippen molar-refractivity contribution in [3.8, 4) is 0 Å². The molecule has 112 valence electrons. The first-order chi connectivity index (χ1) is 9.83. The number of hydrogen-bond acceptors (Lipinski definition) is 3. The fourth-order valence-electron chi connectivity index (χ4n) is 1.88. The van der Waals surface area contributed by atoms with Crippen molar-refractivity contribution in [3.63, 3.8) is 0 Å². The molecule has 0 heterocycles. The number of benzene rings is 2. The topological polar surface area (TPSA) is 60.2 Å². The summed E-state index contributed by atoms with van der Waals surface area (Å²) in [5.74, 6) is -3.36. The smallest absolute Gasteiger partial charge is 0.182 e. The van der Waals surface area contributed by atoms with E-state index in [0.29, 0.717) is 17.2 Å². The monoisotopic (exact) mass is 315 g/mol. The van der Waals surface area contributed by atoms with E-state index in [1.54, 1.807) is 0 Å². The second-order valence-corrected chi connectivity index (χ2v) is 6.44. The summed E-state index contributed by atoms with van der Waals surface area (Å²) < 4.78 is 63.5. The third-order valence-corrected chi connectivity index (χ3v) is 4.65. The maximum Gasteiger partial charge on any atom is 0.182 e. The molecule has 0 atom stereocenters. The van der Waals surface area contributed by atoms with E-state index in [-0.39, 0.29) is 11.4 Å². The zero-order valence-corrected chi connectivity index (χ0v) is 11.6. The van der Waals surface area contributed by atoms with Crippen molar-refractivity contribution >= 4 is 9.84 Å². The minimum atomic E-state index is -3.88. The van der Waals surface area contributed by atoms with Crippen LogP contribution in [0.5, 0.6) is 0 Å². The predicted octanol–water partition coefficient (Wildman–Crippen LogP) is 2.54. The standard InChI is InChI=1S/C14H12F3NO2S/c15-11-2-1-9(10(5-11)7-18)8-21(19,20)12-3-4-13(16)14(17)6-12/h1-6H,7-8,18H2. The average Bonchev–Trinajstić information content (AvgIpc) is 2.43. The molecule has 0 unspecified atom stereocenters. The van der Waals surface area contributed by atoms with Gasteiger partial charge in [-0.2, -0.15) is 0 Å². The van der Waals surface area contributed by atoms with Crippen LogP contribution in [0, 0.1) is 17.5 Å². The Labute approximate surface area is 120 Å². The molecule has 21 heavy (non-hydrogen) atoms. The van der Waals surface area contributed by atoms with E-state index in [0.717, 1.165) is 24.3 Å². The third kappa shape index (κ3) is 3.43. The average molecular weight is 315 g/mol. The van der Waals surface area contributed by atoms with Crippen LogP contribution in [0.1, 0.15) is 11.1 Å². The molecule has 0 aliphatic rings. The first kappa shape index (κ1) is 15.5. The summed E-state index contributed by atoms with van der Waals surface area (Å²) in [6, 6.07) is 5.94. The zero-order chi connectivity index (χ0) is 15.6. The van der Waals surface area contributed by atoms with Crippen LogP contribution in [0.25, 0.3) is 0 Å². The summed E-state index contributed by atoms with van der Waals surface area (Å²) in [7, 11) is -3.88. The Bertz CT molecular complexity index is 776. The lowest BCUT2D eigenvalue weighted by atomic mass is 10.1. The van der Waals surface area contributed by atoms with Gasteiger partial charge in [0.15, 0.2) is 21.5 Å². The van der Waals surface area contributed by atoms with Crippen molar-refractivity contribution in [2.24, 2.45) is 5.73 Å². The molecule has 0 aromatic heterocycles. The molecule has 2 aromatic carbocycles. The Morgan fingerprint density at radius 2 is 1.62 bits per heavy atom. The zero-order valence-electron chi connectivity index (χ0n) is 10.8. The van der Waals surface area contributed by atoms with Gasteiger partial charge in [-0.25, -0.2) is 21.6 Å². The highest BCUT2D eigenvalue weighted by molar-refractivity contribution is 7.90. The summed E-state index contributed by atoms with van der Waals surface area (Å²) in [5.41, 5.74) is 6.12. The molecule has 0 saturated heterocycles. The summed E-state index contributed by atoms with van der Waals surface area (Å²) >= 11 is 0. The molecule has 0 radical (unpaired) electrons. The van der Waals surface area contributed by atoms with E-state index < -0.39 is 33.0 Å². The van der Waals surface area contributed by atoms with Crippen LogP contribution in [0.4, 0.5) is 13.2 Å². The molecule has 0 amide bonds. The van der Waals surface area contributed by atoms with Gasteiger partial charge in [-0.05, 0) is 41.5 Å². The number of rotatable bonds is 4. The SMILES string of the molecule is NCc1cc(F)ccc1CS(=O)(=O)c1ccc(F)c(F)c1. The largest absolute Gasteiger partial charge is 0.326 e. The van der Waals surface area contributed by atoms with E-state index in [2.05, 4.69) is 0 Å². The number of halogens is 3. The summed E-state index contributed by atoms with van der Waals surface area (Å²) in [6.07, 6.45) is 0. The lowest BCUT2D eigenvalue weighted by molar-refractivity contribution is 0.504. The van der Waals surface area contributed by atoms with Crippen molar-refractivity contribution in [1.29, 1.82) is 0 Å². The van der Waals surface area contributed by atoms with Gasteiger partial charge in [-0.3, -0.25) is 0 Å². The van der Waals surface area contributed by atoms with Crippen molar-refractivity contribution in [2.45, 2.75) is 17.2 Å². The summed E-state index contributed by atoms with van der Waals surface area (Å²) in [6.45, 7) is -0.0274. The molecule has 3 nitrogen and oxygen atoms in total. The Kier molecular flexibility index (Phi) is 4.34. The van der Waals surface area contributed by atoms with Gasteiger partial charge in [-0.1, -0.05) is 6.07 Å². The fourth-order valence-corrected chi connectivity index (χ4v) is 3.30. The first-order valence-electron chi connectivity index (χ1n) is 5.98. The van der Waals surface area contributed by atoms with Crippen LogP contribution in [0.2, 0.25) is 0 Å². The van der Waals surface area contributed by atoms with E-state index in [1.807, 2.05) is 0 Å². The van der Waals surface area contributed by atoms with Gasteiger partial charge in [0.1, 0.15) is 5.82 Å². The number of sulfone groups is 1. The van der Waals surface area contributed by atoms with Crippen LogP contribution in [-0.4, -0.2) is 8.42 Å². The molecule has 7 heteroatoms. The Balaban J connectivity index is 2.39. The molecule has 2 aromatic rings. The highest BCUT2D eigenvalue weighted by atomic mass is 32.2. The second-order valence-electron chi connectivity index (χ2n) is 4.45. The minimum absolute atomic E-state index is 0.0274. The van der Waals surface area contributed by atoms with E-state index in [9.17, 15) is 21.6 Å². The van der Waals surface area contributed by atoms with Crippen molar-refractivity contribution in [1.82, 2.24) is 0 Å². The molecule has 0 aliphatic carbocycles. The van der Waals surface area contributed by atoms with Gasteiger partial charge in [0.2, 0.25) is 0 Å². The second kappa shape index (κ2) is 5.87. The van der Waals surface area contributed by atoms with Gasteiger partial charge in [0.05, 0.1) is 10.6 Å². The first-order valence-corrected chi connectivity index (χ1v) is 7.64. The third-order valence-electron chi connectivity index (χ3n) is 2.98. The van der Waals surface area contributed by atoms with Gasteiger partial charge in [0, 0.05) is 6.54 Å². The van der Waals surface area contributed by atoms with Crippen LogP contribution in [0.3, 0.4) is 0 Å².